The Hall–Kier alpha value is -2.03. The van der Waals surface area contributed by atoms with Crippen molar-refractivity contribution >= 4 is 5.69 Å². The van der Waals surface area contributed by atoms with Gasteiger partial charge in [-0.25, -0.2) is 4.39 Å². The first-order valence-electron chi connectivity index (χ1n) is 6.50. The number of benzene rings is 2. The zero-order valence-electron chi connectivity index (χ0n) is 10.8. The van der Waals surface area contributed by atoms with Gasteiger partial charge in [-0.15, -0.1) is 0 Å². The Morgan fingerprint density at radius 1 is 1.21 bits per heavy atom. The summed E-state index contributed by atoms with van der Waals surface area (Å²) in [4.78, 5) is 0. The minimum absolute atomic E-state index is 0.0658. The lowest BCUT2D eigenvalue weighted by Gasteiger charge is -2.16. The highest BCUT2D eigenvalue weighted by atomic mass is 19.1. The first-order valence-corrected chi connectivity index (χ1v) is 6.50. The van der Waals surface area contributed by atoms with E-state index < -0.39 is 0 Å². The van der Waals surface area contributed by atoms with Crippen LogP contribution >= 0.6 is 0 Å². The van der Waals surface area contributed by atoms with Crippen molar-refractivity contribution in [2.75, 3.05) is 11.9 Å². The van der Waals surface area contributed by atoms with E-state index in [0.717, 1.165) is 30.0 Å². The van der Waals surface area contributed by atoms with Gasteiger partial charge in [-0.1, -0.05) is 12.1 Å². The highest BCUT2D eigenvalue weighted by Gasteiger charge is 2.13. The van der Waals surface area contributed by atoms with Crippen LogP contribution in [-0.4, -0.2) is 6.61 Å². The smallest absolute Gasteiger partial charge is 0.123 e. The largest absolute Gasteiger partial charge is 0.493 e. The summed E-state index contributed by atoms with van der Waals surface area (Å²) in [7, 11) is 0. The van der Waals surface area contributed by atoms with E-state index in [-0.39, 0.29) is 11.9 Å². The number of fused-ring (bicyclic) bond motifs is 1. The van der Waals surface area contributed by atoms with Crippen molar-refractivity contribution in [1.29, 1.82) is 0 Å². The number of anilines is 1. The van der Waals surface area contributed by atoms with Crippen LogP contribution in [0.2, 0.25) is 0 Å². The van der Waals surface area contributed by atoms with Gasteiger partial charge in [-0.2, -0.15) is 0 Å². The van der Waals surface area contributed by atoms with E-state index >= 15 is 0 Å². The molecule has 0 fully saturated rings. The summed E-state index contributed by atoms with van der Waals surface area (Å²) < 4.78 is 18.7. The van der Waals surface area contributed by atoms with Crippen LogP contribution in [0.4, 0.5) is 10.1 Å². The van der Waals surface area contributed by atoms with Crippen LogP contribution in [0.3, 0.4) is 0 Å². The van der Waals surface area contributed by atoms with E-state index in [0.29, 0.717) is 0 Å². The molecule has 98 valence electrons. The standard InChI is InChI=1S/C16H16FNO/c1-11(12-3-2-4-14(17)9-12)18-15-5-6-16-13(10-15)7-8-19-16/h2-6,9-11,18H,7-8H2,1H3. The van der Waals surface area contributed by atoms with Crippen molar-refractivity contribution in [2.45, 2.75) is 19.4 Å². The molecule has 0 spiro atoms. The second-order valence-electron chi connectivity index (χ2n) is 4.84. The molecular formula is C16H16FNO. The van der Waals surface area contributed by atoms with Gasteiger partial charge in [-0.3, -0.25) is 0 Å². The van der Waals surface area contributed by atoms with Gasteiger partial charge >= 0.3 is 0 Å². The predicted molar refractivity (Wildman–Crippen MR) is 74.1 cm³/mol. The molecule has 3 heteroatoms. The molecule has 0 bridgehead atoms. The van der Waals surface area contributed by atoms with Crippen LogP contribution in [0.1, 0.15) is 24.1 Å². The maximum atomic E-state index is 13.2. The molecule has 0 amide bonds. The quantitative estimate of drug-likeness (QED) is 0.899. The van der Waals surface area contributed by atoms with Gasteiger partial charge in [0.1, 0.15) is 11.6 Å². The fraction of sp³-hybridized carbons (Fsp3) is 0.250. The molecule has 1 aliphatic rings. The summed E-state index contributed by atoms with van der Waals surface area (Å²) in [5.74, 6) is 0.775. The summed E-state index contributed by atoms with van der Waals surface area (Å²) in [5.41, 5.74) is 3.22. The van der Waals surface area contributed by atoms with Crippen LogP contribution in [0.15, 0.2) is 42.5 Å². The molecule has 1 aliphatic heterocycles. The number of ether oxygens (including phenoxy) is 1. The normalized spacial score (nSPS) is 14.6. The second-order valence-corrected chi connectivity index (χ2v) is 4.84. The van der Waals surface area contributed by atoms with Gasteiger partial charge in [-0.05, 0) is 48.4 Å². The summed E-state index contributed by atoms with van der Waals surface area (Å²) in [6, 6.07) is 12.9. The summed E-state index contributed by atoms with van der Waals surface area (Å²) >= 11 is 0. The zero-order chi connectivity index (χ0) is 13.2. The fourth-order valence-electron chi connectivity index (χ4n) is 2.39. The van der Waals surface area contributed by atoms with Crippen molar-refractivity contribution in [2.24, 2.45) is 0 Å². The number of halogens is 1. The SMILES string of the molecule is CC(Nc1ccc2c(c1)CCO2)c1cccc(F)c1. The van der Waals surface area contributed by atoms with Crippen LogP contribution in [0.5, 0.6) is 5.75 Å². The Morgan fingerprint density at radius 2 is 2.11 bits per heavy atom. The molecule has 0 aliphatic carbocycles. The van der Waals surface area contributed by atoms with Crippen LogP contribution < -0.4 is 10.1 Å². The van der Waals surface area contributed by atoms with E-state index in [2.05, 4.69) is 11.4 Å². The Morgan fingerprint density at radius 3 is 2.95 bits per heavy atom. The lowest BCUT2D eigenvalue weighted by Crippen LogP contribution is -2.06. The molecule has 1 atom stereocenters. The number of rotatable bonds is 3. The fourth-order valence-corrected chi connectivity index (χ4v) is 2.39. The molecule has 1 heterocycles. The van der Waals surface area contributed by atoms with Gasteiger partial charge < -0.3 is 10.1 Å². The first-order chi connectivity index (χ1) is 9.22. The second kappa shape index (κ2) is 4.92. The molecule has 2 aromatic carbocycles. The van der Waals surface area contributed by atoms with E-state index in [1.165, 1.54) is 11.6 Å². The molecular weight excluding hydrogens is 241 g/mol. The first kappa shape index (κ1) is 12.0. The number of nitrogens with one attached hydrogen (secondary N) is 1. The van der Waals surface area contributed by atoms with Crippen LogP contribution in [0.25, 0.3) is 0 Å². The van der Waals surface area contributed by atoms with Gasteiger partial charge in [0.25, 0.3) is 0 Å². The predicted octanol–water partition coefficient (Wildman–Crippen LogP) is 3.93. The highest BCUT2D eigenvalue weighted by molar-refractivity contribution is 5.53. The molecule has 0 saturated heterocycles. The summed E-state index contributed by atoms with van der Waals surface area (Å²) in [6.45, 7) is 2.79. The maximum absolute atomic E-state index is 13.2. The summed E-state index contributed by atoms with van der Waals surface area (Å²) in [5, 5.41) is 3.39. The Bertz CT molecular complexity index is 597. The minimum Gasteiger partial charge on any atom is -0.493 e. The van der Waals surface area contributed by atoms with Gasteiger partial charge in [0.2, 0.25) is 0 Å². The van der Waals surface area contributed by atoms with Crippen molar-refractivity contribution < 1.29 is 9.13 Å². The monoisotopic (exact) mass is 257 g/mol. The average Bonchev–Trinajstić information content (AvgIpc) is 2.86. The molecule has 0 saturated carbocycles. The maximum Gasteiger partial charge on any atom is 0.123 e. The highest BCUT2D eigenvalue weighted by Crippen LogP contribution is 2.29. The Balaban J connectivity index is 1.77. The van der Waals surface area contributed by atoms with Gasteiger partial charge in [0.05, 0.1) is 6.61 Å². The zero-order valence-corrected chi connectivity index (χ0v) is 10.8. The van der Waals surface area contributed by atoms with Crippen LogP contribution in [0, 0.1) is 5.82 Å². The topological polar surface area (TPSA) is 21.3 Å². The van der Waals surface area contributed by atoms with Crippen LogP contribution in [-0.2, 0) is 6.42 Å². The molecule has 0 aromatic heterocycles. The number of hydrogen-bond acceptors (Lipinski definition) is 2. The summed E-state index contributed by atoms with van der Waals surface area (Å²) in [6.07, 6.45) is 0.958. The van der Waals surface area contributed by atoms with Crippen molar-refractivity contribution in [3.63, 3.8) is 0 Å². The Kier molecular flexibility index (Phi) is 3.11. The van der Waals surface area contributed by atoms with Gasteiger partial charge in [0.15, 0.2) is 0 Å². The molecule has 2 nitrogen and oxygen atoms in total. The van der Waals surface area contributed by atoms with E-state index in [1.54, 1.807) is 12.1 Å². The molecule has 0 radical (unpaired) electrons. The average molecular weight is 257 g/mol. The third kappa shape index (κ3) is 2.55. The molecule has 1 N–H and O–H groups in total. The molecule has 2 aromatic rings. The van der Waals surface area contributed by atoms with E-state index in [1.807, 2.05) is 25.1 Å². The van der Waals surface area contributed by atoms with Crippen molar-refractivity contribution in [3.05, 3.63) is 59.4 Å². The van der Waals surface area contributed by atoms with E-state index in [9.17, 15) is 4.39 Å². The lowest BCUT2D eigenvalue weighted by molar-refractivity contribution is 0.357. The minimum atomic E-state index is -0.200. The van der Waals surface area contributed by atoms with E-state index in [4.69, 9.17) is 4.74 Å². The molecule has 3 rings (SSSR count). The van der Waals surface area contributed by atoms with Gasteiger partial charge in [0, 0.05) is 18.2 Å². The lowest BCUT2D eigenvalue weighted by atomic mass is 10.1. The van der Waals surface area contributed by atoms with Crippen molar-refractivity contribution in [3.8, 4) is 5.75 Å². The van der Waals surface area contributed by atoms with Crippen molar-refractivity contribution in [1.82, 2.24) is 0 Å². The molecule has 19 heavy (non-hydrogen) atoms. The third-order valence-electron chi connectivity index (χ3n) is 3.42. The Labute approximate surface area is 112 Å². The molecule has 1 unspecified atom stereocenters. The third-order valence-corrected chi connectivity index (χ3v) is 3.42. The number of hydrogen-bond donors (Lipinski definition) is 1.